The van der Waals surface area contributed by atoms with E-state index in [-0.39, 0.29) is 35.8 Å². The van der Waals surface area contributed by atoms with Gasteiger partial charge in [0.05, 0.1) is 5.39 Å². The monoisotopic (exact) mass is 595 g/mol. The first kappa shape index (κ1) is 30.5. The molecule has 0 radical (unpaired) electrons. The van der Waals surface area contributed by atoms with Crippen molar-refractivity contribution in [2.24, 2.45) is 5.73 Å². The van der Waals surface area contributed by atoms with E-state index in [1.807, 2.05) is 18.2 Å². The van der Waals surface area contributed by atoms with Crippen LogP contribution >= 0.6 is 24.8 Å². The molecule has 0 unspecified atom stereocenters. The number of pyridine rings is 1. The minimum atomic E-state index is -0.772. The molecule has 1 aliphatic heterocycles. The molecule has 1 aliphatic carbocycles. The quantitative estimate of drug-likeness (QED) is 0.335. The lowest BCUT2D eigenvalue weighted by molar-refractivity contribution is 0.0999. The minimum absolute atomic E-state index is 0. The van der Waals surface area contributed by atoms with E-state index in [0.29, 0.717) is 11.6 Å². The molecule has 1 saturated heterocycles. The standard InChI is InChI=1S/C30H33N7O2.2ClH/c1-35-13-15-36(16-14-35)12-11-20-5-8-23(9-6-20)33-30-32-18-25-27(38)26(28(31)39)19-37(29(25)34-30)24-10-7-21-3-2-4-22(21)17-24;;/h5-10,17-19H,2-4,11-16H2,1H3,(H2,31,39)(H,32,33,34);2*1H. The Morgan fingerprint density at radius 2 is 1.73 bits per heavy atom. The van der Waals surface area contributed by atoms with Gasteiger partial charge in [-0.05, 0) is 73.7 Å². The molecule has 4 aromatic rings. The number of primary amides is 1. The fourth-order valence-electron chi connectivity index (χ4n) is 5.49. The summed E-state index contributed by atoms with van der Waals surface area (Å²) in [6, 6.07) is 14.5. The Labute approximate surface area is 251 Å². The van der Waals surface area contributed by atoms with Gasteiger partial charge in [0.2, 0.25) is 11.4 Å². The molecule has 9 nitrogen and oxygen atoms in total. The number of nitrogens with zero attached hydrogens (tertiary/aromatic N) is 5. The summed E-state index contributed by atoms with van der Waals surface area (Å²) in [6.45, 7) is 5.54. The Hall–Kier alpha value is -3.50. The third-order valence-corrected chi connectivity index (χ3v) is 7.89. The highest BCUT2D eigenvalue weighted by molar-refractivity contribution is 5.96. The summed E-state index contributed by atoms with van der Waals surface area (Å²) < 4.78 is 1.77. The molecule has 1 amide bonds. The van der Waals surface area contributed by atoms with Crippen LogP contribution in [0, 0.1) is 0 Å². The lowest BCUT2D eigenvalue weighted by Crippen LogP contribution is -2.45. The van der Waals surface area contributed by atoms with Gasteiger partial charge in [0.25, 0.3) is 5.91 Å². The van der Waals surface area contributed by atoms with E-state index in [4.69, 9.17) is 10.7 Å². The second-order valence-corrected chi connectivity index (χ2v) is 10.6. The van der Waals surface area contributed by atoms with E-state index in [1.54, 1.807) is 4.57 Å². The van der Waals surface area contributed by atoms with Gasteiger partial charge < -0.3 is 25.4 Å². The van der Waals surface area contributed by atoms with Crippen LogP contribution in [-0.4, -0.2) is 70.0 Å². The Morgan fingerprint density at radius 1 is 1.00 bits per heavy atom. The van der Waals surface area contributed by atoms with Crippen molar-refractivity contribution < 1.29 is 4.79 Å². The molecular weight excluding hydrogens is 561 g/mol. The smallest absolute Gasteiger partial charge is 0.254 e. The average molecular weight is 597 g/mol. The number of anilines is 2. The molecule has 11 heteroatoms. The normalized spacial score (nSPS) is 15.1. The number of likely N-dealkylation sites (N-methyl/N-ethyl adjacent to an activating group) is 1. The van der Waals surface area contributed by atoms with Crippen molar-refractivity contribution in [1.29, 1.82) is 0 Å². The fourth-order valence-corrected chi connectivity index (χ4v) is 5.49. The predicted molar refractivity (Wildman–Crippen MR) is 168 cm³/mol. The largest absolute Gasteiger partial charge is 0.365 e. The molecule has 41 heavy (non-hydrogen) atoms. The summed E-state index contributed by atoms with van der Waals surface area (Å²) in [6.07, 6.45) is 7.17. The SMILES string of the molecule is CN1CCN(CCc2ccc(Nc3ncc4c(=O)c(C(N)=O)cn(-c5ccc6c(c5)CCC6)c4n3)cc2)CC1.Cl.Cl. The van der Waals surface area contributed by atoms with Gasteiger partial charge in [-0.15, -0.1) is 24.8 Å². The molecule has 1 fully saturated rings. The number of nitrogens with one attached hydrogen (secondary N) is 1. The number of benzene rings is 2. The van der Waals surface area contributed by atoms with E-state index in [2.05, 4.69) is 51.4 Å². The summed E-state index contributed by atoms with van der Waals surface area (Å²) in [5, 5.41) is 3.51. The van der Waals surface area contributed by atoms with Crippen molar-refractivity contribution in [3.8, 4) is 5.69 Å². The first-order valence-corrected chi connectivity index (χ1v) is 13.6. The number of hydrogen-bond donors (Lipinski definition) is 2. The van der Waals surface area contributed by atoms with Gasteiger partial charge in [0.15, 0.2) is 5.65 Å². The fraction of sp³-hybridized carbons (Fsp3) is 0.333. The molecule has 0 bridgehead atoms. The van der Waals surface area contributed by atoms with E-state index in [1.165, 1.54) is 29.1 Å². The summed E-state index contributed by atoms with van der Waals surface area (Å²) in [4.78, 5) is 39.1. The summed E-state index contributed by atoms with van der Waals surface area (Å²) in [5.41, 5.74) is 11.0. The van der Waals surface area contributed by atoms with Crippen LogP contribution < -0.4 is 16.5 Å². The summed E-state index contributed by atoms with van der Waals surface area (Å²) in [7, 11) is 2.17. The van der Waals surface area contributed by atoms with Crippen LogP contribution in [0.5, 0.6) is 0 Å². The van der Waals surface area contributed by atoms with Crippen molar-refractivity contribution in [2.75, 3.05) is 45.1 Å². The Kier molecular flexibility index (Phi) is 9.65. The number of aromatic nitrogens is 3. The molecule has 0 atom stereocenters. The number of carbonyl (C=O) groups excluding carboxylic acids is 1. The predicted octanol–water partition coefficient (Wildman–Crippen LogP) is 3.75. The van der Waals surface area contributed by atoms with Crippen LogP contribution in [0.1, 0.15) is 33.5 Å². The van der Waals surface area contributed by atoms with Crippen LogP contribution in [0.15, 0.2) is 59.7 Å². The number of nitrogens with two attached hydrogens (primary N) is 1. The molecule has 0 spiro atoms. The minimum Gasteiger partial charge on any atom is -0.365 e. The van der Waals surface area contributed by atoms with Crippen molar-refractivity contribution in [3.63, 3.8) is 0 Å². The first-order valence-electron chi connectivity index (χ1n) is 13.6. The third kappa shape index (κ3) is 6.54. The van der Waals surface area contributed by atoms with Gasteiger partial charge in [-0.2, -0.15) is 4.98 Å². The second-order valence-electron chi connectivity index (χ2n) is 10.6. The Balaban J connectivity index is 0.00000194. The number of amides is 1. The zero-order chi connectivity index (χ0) is 26.9. The number of rotatable bonds is 7. The second kappa shape index (κ2) is 13.0. The molecule has 6 rings (SSSR count). The maximum absolute atomic E-state index is 13.0. The van der Waals surface area contributed by atoms with Gasteiger partial charge in [-0.25, -0.2) is 4.98 Å². The van der Waals surface area contributed by atoms with Crippen LogP contribution in [-0.2, 0) is 19.3 Å². The third-order valence-electron chi connectivity index (χ3n) is 7.89. The molecule has 0 saturated carbocycles. The highest BCUT2D eigenvalue weighted by atomic mass is 35.5. The first-order chi connectivity index (χ1) is 18.9. The van der Waals surface area contributed by atoms with Crippen LogP contribution in [0.2, 0.25) is 0 Å². The molecule has 3 heterocycles. The Morgan fingerprint density at radius 3 is 2.46 bits per heavy atom. The van der Waals surface area contributed by atoms with Crippen molar-refractivity contribution in [3.05, 3.63) is 87.3 Å². The zero-order valence-electron chi connectivity index (χ0n) is 23.0. The van der Waals surface area contributed by atoms with Gasteiger partial charge in [0, 0.05) is 56.5 Å². The van der Waals surface area contributed by atoms with Crippen molar-refractivity contribution in [2.45, 2.75) is 25.7 Å². The summed E-state index contributed by atoms with van der Waals surface area (Å²) >= 11 is 0. The number of fused-ring (bicyclic) bond motifs is 2. The van der Waals surface area contributed by atoms with Gasteiger partial charge in [-0.3, -0.25) is 9.59 Å². The van der Waals surface area contributed by atoms with Gasteiger partial charge >= 0.3 is 0 Å². The van der Waals surface area contributed by atoms with Crippen molar-refractivity contribution >= 4 is 53.4 Å². The highest BCUT2D eigenvalue weighted by Gasteiger charge is 2.18. The lowest BCUT2D eigenvalue weighted by atomic mass is 10.1. The molecule has 216 valence electrons. The van der Waals surface area contributed by atoms with Crippen molar-refractivity contribution in [1.82, 2.24) is 24.3 Å². The van der Waals surface area contributed by atoms with E-state index < -0.39 is 11.3 Å². The van der Waals surface area contributed by atoms with Gasteiger partial charge in [-0.1, -0.05) is 18.2 Å². The molecule has 2 aromatic carbocycles. The number of carbonyl (C=O) groups is 1. The van der Waals surface area contributed by atoms with Crippen LogP contribution in [0.3, 0.4) is 0 Å². The number of hydrogen-bond acceptors (Lipinski definition) is 7. The highest BCUT2D eigenvalue weighted by Crippen LogP contribution is 2.26. The summed E-state index contributed by atoms with van der Waals surface area (Å²) in [5.74, 6) is -0.402. The van der Waals surface area contributed by atoms with E-state index in [9.17, 15) is 9.59 Å². The topological polar surface area (TPSA) is 109 Å². The molecular formula is C30H35Cl2N7O2. The number of halogens is 2. The number of aryl methyl sites for hydroxylation is 2. The molecule has 3 N–H and O–H groups in total. The molecule has 2 aliphatic rings. The lowest BCUT2D eigenvalue weighted by Gasteiger charge is -2.32. The maximum atomic E-state index is 13.0. The van der Waals surface area contributed by atoms with Crippen LogP contribution in [0.25, 0.3) is 16.7 Å². The van der Waals surface area contributed by atoms with E-state index >= 15 is 0 Å². The zero-order valence-corrected chi connectivity index (χ0v) is 24.6. The Bertz CT molecular complexity index is 1600. The maximum Gasteiger partial charge on any atom is 0.254 e. The number of piperazine rings is 1. The van der Waals surface area contributed by atoms with Crippen LogP contribution in [0.4, 0.5) is 11.6 Å². The average Bonchev–Trinajstić information content (AvgIpc) is 3.42. The molecule has 2 aromatic heterocycles. The van der Waals surface area contributed by atoms with E-state index in [0.717, 1.165) is 69.8 Å². The van der Waals surface area contributed by atoms with Gasteiger partial charge in [0.1, 0.15) is 5.56 Å².